The Labute approximate surface area is 157 Å². The third-order valence-corrected chi connectivity index (χ3v) is 4.82. The van der Waals surface area contributed by atoms with Crippen molar-refractivity contribution in [2.24, 2.45) is 0 Å². The van der Waals surface area contributed by atoms with Gasteiger partial charge >= 0.3 is 0 Å². The van der Waals surface area contributed by atoms with Gasteiger partial charge in [-0.3, -0.25) is 4.79 Å². The Bertz CT molecular complexity index is 742. The van der Waals surface area contributed by atoms with Crippen molar-refractivity contribution < 1.29 is 14.3 Å². The molecule has 0 aliphatic heterocycles. The van der Waals surface area contributed by atoms with Crippen LogP contribution in [0.5, 0.6) is 11.5 Å². The maximum absolute atomic E-state index is 12.4. The SMILES string of the molecule is C/C=C/c1ccc(OCC(=O)N(CC)Cc2ccc(Cl)s2)c(OC)c1. The zero-order chi connectivity index (χ0) is 18.2. The van der Waals surface area contributed by atoms with E-state index >= 15 is 0 Å². The first-order chi connectivity index (χ1) is 12.1. The lowest BCUT2D eigenvalue weighted by atomic mass is 10.2. The fourth-order valence-electron chi connectivity index (χ4n) is 2.33. The molecule has 2 aromatic rings. The van der Waals surface area contributed by atoms with Crippen molar-refractivity contribution in [3.63, 3.8) is 0 Å². The largest absolute Gasteiger partial charge is 0.493 e. The minimum Gasteiger partial charge on any atom is -0.493 e. The number of halogens is 1. The van der Waals surface area contributed by atoms with Crippen LogP contribution >= 0.6 is 22.9 Å². The van der Waals surface area contributed by atoms with Crippen LogP contribution in [0.3, 0.4) is 0 Å². The lowest BCUT2D eigenvalue weighted by molar-refractivity contribution is -0.133. The minimum atomic E-state index is -0.0772. The molecule has 1 amide bonds. The molecule has 0 spiro atoms. The summed E-state index contributed by atoms with van der Waals surface area (Å²) >= 11 is 7.43. The summed E-state index contributed by atoms with van der Waals surface area (Å²) in [5.74, 6) is 1.09. The maximum atomic E-state index is 12.4. The van der Waals surface area contributed by atoms with Gasteiger partial charge in [0.25, 0.3) is 5.91 Å². The Balaban J connectivity index is 2.00. The lowest BCUT2D eigenvalue weighted by Crippen LogP contribution is -2.34. The Morgan fingerprint density at radius 2 is 2.08 bits per heavy atom. The summed E-state index contributed by atoms with van der Waals surface area (Å²) in [6.07, 6.45) is 3.93. The highest BCUT2D eigenvalue weighted by Gasteiger charge is 2.15. The van der Waals surface area contributed by atoms with Crippen LogP contribution in [-0.4, -0.2) is 31.1 Å². The predicted molar refractivity (Wildman–Crippen MR) is 104 cm³/mol. The van der Waals surface area contributed by atoms with Gasteiger partial charge in [0.05, 0.1) is 18.0 Å². The molecule has 0 fully saturated rings. The van der Waals surface area contributed by atoms with Gasteiger partial charge in [-0.05, 0) is 43.7 Å². The average molecular weight is 380 g/mol. The summed E-state index contributed by atoms with van der Waals surface area (Å²) in [5, 5.41) is 0. The molecule has 0 N–H and O–H groups in total. The van der Waals surface area contributed by atoms with Crippen LogP contribution in [0.25, 0.3) is 6.08 Å². The monoisotopic (exact) mass is 379 g/mol. The van der Waals surface area contributed by atoms with E-state index in [1.807, 2.05) is 56.3 Å². The molecule has 0 aliphatic carbocycles. The summed E-state index contributed by atoms with van der Waals surface area (Å²) in [6.45, 7) is 5.00. The third-order valence-electron chi connectivity index (χ3n) is 3.61. The predicted octanol–water partition coefficient (Wildman–Crippen LogP) is 4.87. The van der Waals surface area contributed by atoms with Crippen LogP contribution in [0.15, 0.2) is 36.4 Å². The molecule has 0 saturated heterocycles. The number of methoxy groups -OCH3 is 1. The number of amides is 1. The Morgan fingerprint density at radius 1 is 1.28 bits per heavy atom. The Hall–Kier alpha value is -1.98. The highest BCUT2D eigenvalue weighted by Crippen LogP contribution is 2.29. The molecule has 0 atom stereocenters. The first kappa shape index (κ1) is 19.3. The first-order valence-corrected chi connectivity index (χ1v) is 9.22. The summed E-state index contributed by atoms with van der Waals surface area (Å²) in [4.78, 5) is 15.2. The molecule has 1 aromatic carbocycles. The number of hydrogen-bond acceptors (Lipinski definition) is 4. The van der Waals surface area contributed by atoms with Crippen molar-refractivity contribution in [2.75, 3.05) is 20.3 Å². The second-order valence-corrected chi connectivity index (χ2v) is 7.11. The average Bonchev–Trinajstić information content (AvgIpc) is 3.03. The molecule has 0 bridgehead atoms. The standard InChI is InChI=1S/C19H22ClNO3S/c1-4-6-14-7-9-16(17(11-14)23-3)24-13-19(22)21(5-2)12-15-8-10-18(20)25-15/h4,6-11H,5,12-13H2,1-3H3/b6-4+. The van der Waals surface area contributed by atoms with Gasteiger partial charge in [-0.2, -0.15) is 0 Å². The van der Waals surface area contributed by atoms with Crippen molar-refractivity contribution in [2.45, 2.75) is 20.4 Å². The fourth-order valence-corrected chi connectivity index (χ4v) is 3.43. The van der Waals surface area contributed by atoms with E-state index in [0.29, 0.717) is 24.6 Å². The number of carbonyl (C=O) groups is 1. The van der Waals surface area contributed by atoms with Gasteiger partial charge in [-0.15, -0.1) is 11.3 Å². The third kappa shape index (κ3) is 5.51. The van der Waals surface area contributed by atoms with E-state index in [2.05, 4.69) is 0 Å². The van der Waals surface area contributed by atoms with Gasteiger partial charge in [0.15, 0.2) is 18.1 Å². The summed E-state index contributed by atoms with van der Waals surface area (Å²) in [6, 6.07) is 9.40. The number of rotatable bonds is 8. The van der Waals surface area contributed by atoms with Crippen LogP contribution in [0.2, 0.25) is 4.34 Å². The number of benzene rings is 1. The van der Waals surface area contributed by atoms with Crippen LogP contribution in [0, 0.1) is 0 Å². The van der Waals surface area contributed by atoms with E-state index < -0.39 is 0 Å². The second kappa shape index (κ2) is 9.49. The second-order valence-electron chi connectivity index (χ2n) is 5.31. The van der Waals surface area contributed by atoms with Gasteiger partial charge in [0.1, 0.15) is 0 Å². The molecule has 6 heteroatoms. The molecule has 0 saturated carbocycles. The number of likely N-dealkylation sites (N-methyl/N-ethyl adjacent to an activating group) is 1. The van der Waals surface area contributed by atoms with Gasteiger partial charge in [-0.25, -0.2) is 0 Å². The van der Waals surface area contributed by atoms with E-state index in [-0.39, 0.29) is 12.5 Å². The van der Waals surface area contributed by atoms with Gasteiger partial charge in [-0.1, -0.05) is 29.8 Å². The lowest BCUT2D eigenvalue weighted by Gasteiger charge is -2.20. The number of hydrogen-bond donors (Lipinski definition) is 0. The number of ether oxygens (including phenoxy) is 2. The molecular formula is C19H22ClNO3S. The van der Waals surface area contributed by atoms with Crippen LogP contribution in [-0.2, 0) is 11.3 Å². The molecular weight excluding hydrogens is 358 g/mol. The van der Waals surface area contributed by atoms with E-state index in [9.17, 15) is 4.79 Å². The van der Waals surface area contributed by atoms with Crippen molar-refractivity contribution in [3.05, 3.63) is 51.2 Å². The first-order valence-electron chi connectivity index (χ1n) is 8.02. The van der Waals surface area contributed by atoms with E-state index in [1.54, 1.807) is 12.0 Å². The summed E-state index contributed by atoms with van der Waals surface area (Å²) in [7, 11) is 1.59. The molecule has 25 heavy (non-hydrogen) atoms. The van der Waals surface area contributed by atoms with E-state index in [4.69, 9.17) is 21.1 Å². The fraction of sp³-hybridized carbons (Fsp3) is 0.316. The maximum Gasteiger partial charge on any atom is 0.260 e. The zero-order valence-corrected chi connectivity index (χ0v) is 16.2. The molecule has 134 valence electrons. The summed E-state index contributed by atoms with van der Waals surface area (Å²) in [5.41, 5.74) is 1.02. The normalized spacial score (nSPS) is 10.9. The molecule has 1 heterocycles. The van der Waals surface area contributed by atoms with Crippen molar-refractivity contribution in [3.8, 4) is 11.5 Å². The molecule has 2 rings (SSSR count). The molecule has 0 unspecified atom stereocenters. The number of thiophene rings is 1. The molecule has 4 nitrogen and oxygen atoms in total. The van der Waals surface area contributed by atoms with Gasteiger partial charge in [0, 0.05) is 11.4 Å². The van der Waals surface area contributed by atoms with Crippen LogP contribution in [0.1, 0.15) is 24.3 Å². The summed E-state index contributed by atoms with van der Waals surface area (Å²) < 4.78 is 11.8. The number of allylic oxidation sites excluding steroid dienone is 1. The highest BCUT2D eigenvalue weighted by molar-refractivity contribution is 7.16. The van der Waals surface area contributed by atoms with Crippen LogP contribution in [0.4, 0.5) is 0 Å². The van der Waals surface area contributed by atoms with Crippen LogP contribution < -0.4 is 9.47 Å². The van der Waals surface area contributed by atoms with Crippen molar-refractivity contribution in [1.82, 2.24) is 4.90 Å². The Kier molecular flexibility index (Phi) is 7.34. The highest BCUT2D eigenvalue weighted by atomic mass is 35.5. The topological polar surface area (TPSA) is 38.8 Å². The minimum absolute atomic E-state index is 0.0354. The molecule has 1 aromatic heterocycles. The molecule has 0 radical (unpaired) electrons. The quantitative estimate of drug-likeness (QED) is 0.656. The van der Waals surface area contributed by atoms with E-state index in [0.717, 1.165) is 14.8 Å². The Morgan fingerprint density at radius 3 is 2.68 bits per heavy atom. The van der Waals surface area contributed by atoms with Gasteiger partial charge in [0.2, 0.25) is 0 Å². The molecule has 0 aliphatic rings. The zero-order valence-electron chi connectivity index (χ0n) is 14.6. The smallest absolute Gasteiger partial charge is 0.260 e. The number of nitrogens with zero attached hydrogens (tertiary/aromatic N) is 1. The van der Waals surface area contributed by atoms with Gasteiger partial charge < -0.3 is 14.4 Å². The van der Waals surface area contributed by atoms with E-state index in [1.165, 1.54) is 11.3 Å². The van der Waals surface area contributed by atoms with Crippen molar-refractivity contribution in [1.29, 1.82) is 0 Å². The number of carbonyl (C=O) groups excluding carboxylic acids is 1. The van der Waals surface area contributed by atoms with Crippen molar-refractivity contribution >= 4 is 34.9 Å².